The number of nitrogens with one attached hydrogen (secondary N) is 1. The number of sulfonamides is 1. The van der Waals surface area contributed by atoms with E-state index in [1.165, 1.54) is 45.4 Å². The molecule has 2 aromatic rings. The smallest absolute Gasteiger partial charge is 0.271 e. The van der Waals surface area contributed by atoms with Crippen molar-refractivity contribution in [3.05, 3.63) is 52.6 Å². The molecule has 11 heteroatoms. The number of anilines is 2. The zero-order valence-corrected chi connectivity index (χ0v) is 17.1. The minimum atomic E-state index is -3.84. The van der Waals surface area contributed by atoms with Crippen molar-refractivity contribution in [3.8, 4) is 11.5 Å². The maximum Gasteiger partial charge on any atom is 0.271 e. The summed E-state index contributed by atoms with van der Waals surface area (Å²) in [5.74, 6) is -0.0791. The van der Waals surface area contributed by atoms with Crippen molar-refractivity contribution in [2.75, 3.05) is 30.1 Å². The van der Waals surface area contributed by atoms with Crippen molar-refractivity contribution >= 4 is 33.0 Å². The van der Waals surface area contributed by atoms with Crippen molar-refractivity contribution in [2.45, 2.75) is 13.0 Å². The maximum atomic E-state index is 12.8. The third-order valence-electron chi connectivity index (χ3n) is 4.05. The lowest BCUT2D eigenvalue weighted by molar-refractivity contribution is -0.384. The number of nitro groups is 1. The van der Waals surface area contributed by atoms with Crippen LogP contribution >= 0.6 is 0 Å². The van der Waals surface area contributed by atoms with E-state index in [9.17, 15) is 23.3 Å². The van der Waals surface area contributed by atoms with Crippen LogP contribution in [0.3, 0.4) is 0 Å². The van der Waals surface area contributed by atoms with Crippen LogP contribution in [0.15, 0.2) is 42.5 Å². The van der Waals surface area contributed by atoms with E-state index >= 15 is 0 Å². The molecule has 1 N–H and O–H groups in total. The first-order valence-corrected chi connectivity index (χ1v) is 10.2. The van der Waals surface area contributed by atoms with E-state index in [0.29, 0.717) is 5.75 Å². The summed E-state index contributed by atoms with van der Waals surface area (Å²) in [4.78, 5) is 23.2. The Labute approximate surface area is 168 Å². The molecule has 0 aliphatic carbocycles. The summed E-state index contributed by atoms with van der Waals surface area (Å²) in [6.45, 7) is 1.40. The van der Waals surface area contributed by atoms with Crippen LogP contribution in [0.1, 0.15) is 6.92 Å². The summed E-state index contributed by atoms with van der Waals surface area (Å²) in [6, 6.07) is 8.80. The molecule has 1 amide bonds. The molecule has 0 saturated carbocycles. The lowest BCUT2D eigenvalue weighted by atomic mass is 10.2. The Kier molecular flexibility index (Phi) is 6.64. The molecule has 10 nitrogen and oxygen atoms in total. The van der Waals surface area contributed by atoms with Crippen LogP contribution in [0.5, 0.6) is 11.5 Å². The van der Waals surface area contributed by atoms with Crippen molar-refractivity contribution < 1.29 is 27.6 Å². The van der Waals surface area contributed by atoms with Gasteiger partial charge >= 0.3 is 0 Å². The maximum absolute atomic E-state index is 12.8. The van der Waals surface area contributed by atoms with Gasteiger partial charge in [0, 0.05) is 18.2 Å². The molecule has 0 unspecified atom stereocenters. The van der Waals surface area contributed by atoms with Gasteiger partial charge in [0.1, 0.15) is 17.5 Å². The standard InChI is InChI=1S/C18H21N3O7S/c1-12(20(29(4,25)26)13-6-5-7-15(10-13)27-2)18(22)19-16-11-14(21(23)24)8-9-17(16)28-3/h5-12H,1-4H3,(H,19,22)/t12-/m0/s1. The molecule has 1 atom stereocenters. The molecule has 2 aromatic carbocycles. The van der Waals surface area contributed by atoms with E-state index < -0.39 is 26.9 Å². The topological polar surface area (TPSA) is 128 Å². The van der Waals surface area contributed by atoms with Gasteiger partial charge in [0.15, 0.2) is 0 Å². The van der Waals surface area contributed by atoms with Gasteiger partial charge in [-0.25, -0.2) is 8.42 Å². The summed E-state index contributed by atoms with van der Waals surface area (Å²) in [7, 11) is -1.05. The number of non-ortho nitro benzene ring substituents is 1. The SMILES string of the molecule is COc1cccc(N([C@@H](C)C(=O)Nc2cc([N+](=O)[O-])ccc2OC)S(C)(=O)=O)c1. The van der Waals surface area contributed by atoms with Crippen molar-refractivity contribution in [2.24, 2.45) is 0 Å². The van der Waals surface area contributed by atoms with Crippen LogP contribution in [0.25, 0.3) is 0 Å². The van der Waals surface area contributed by atoms with Gasteiger partial charge in [-0.2, -0.15) is 0 Å². The lowest BCUT2D eigenvalue weighted by Crippen LogP contribution is -2.45. The Hall–Kier alpha value is -3.34. The second-order valence-corrected chi connectivity index (χ2v) is 7.93. The van der Waals surface area contributed by atoms with E-state index in [4.69, 9.17) is 9.47 Å². The number of nitro benzene ring substituents is 1. The van der Waals surface area contributed by atoms with E-state index in [-0.39, 0.29) is 22.8 Å². The normalized spacial score (nSPS) is 12.0. The fraction of sp³-hybridized carbons (Fsp3) is 0.278. The molecule has 0 radical (unpaired) electrons. The number of benzene rings is 2. The molecule has 0 heterocycles. The first-order valence-electron chi connectivity index (χ1n) is 8.35. The number of carbonyl (C=O) groups is 1. The predicted molar refractivity (Wildman–Crippen MR) is 108 cm³/mol. The van der Waals surface area contributed by atoms with Crippen LogP contribution in [0.2, 0.25) is 0 Å². The van der Waals surface area contributed by atoms with Gasteiger partial charge in [-0.3, -0.25) is 19.2 Å². The second kappa shape index (κ2) is 8.78. The Morgan fingerprint density at radius 3 is 2.41 bits per heavy atom. The third kappa shape index (κ3) is 5.13. The van der Waals surface area contributed by atoms with Gasteiger partial charge in [0.25, 0.3) is 5.69 Å². The molecule has 156 valence electrons. The summed E-state index contributed by atoms with van der Waals surface area (Å²) in [5, 5.41) is 13.5. The van der Waals surface area contributed by atoms with Crippen molar-refractivity contribution in [1.29, 1.82) is 0 Å². The van der Waals surface area contributed by atoms with Gasteiger partial charge in [-0.05, 0) is 25.1 Å². The average Bonchev–Trinajstić information content (AvgIpc) is 2.66. The largest absolute Gasteiger partial charge is 0.497 e. The van der Waals surface area contributed by atoms with Gasteiger partial charge in [-0.15, -0.1) is 0 Å². The number of rotatable bonds is 8. The Bertz CT molecular complexity index is 1020. The van der Waals surface area contributed by atoms with E-state index in [1.807, 2.05) is 0 Å². The van der Waals surface area contributed by atoms with E-state index in [2.05, 4.69) is 5.32 Å². The quantitative estimate of drug-likeness (QED) is 0.510. The number of hydrogen-bond donors (Lipinski definition) is 1. The number of carbonyl (C=O) groups excluding carboxylic acids is 1. The number of methoxy groups -OCH3 is 2. The Balaban J connectivity index is 2.40. The molecule has 0 aromatic heterocycles. The zero-order chi connectivity index (χ0) is 21.8. The molecule has 0 aliphatic heterocycles. The van der Waals surface area contributed by atoms with Gasteiger partial charge in [0.05, 0.1) is 36.8 Å². The Morgan fingerprint density at radius 1 is 1.17 bits per heavy atom. The second-order valence-electron chi connectivity index (χ2n) is 6.07. The summed E-state index contributed by atoms with van der Waals surface area (Å²) in [6.07, 6.45) is 0.976. The highest BCUT2D eigenvalue weighted by Gasteiger charge is 2.30. The van der Waals surface area contributed by atoms with Crippen LogP contribution < -0.4 is 19.1 Å². The predicted octanol–water partition coefficient (Wildman–Crippen LogP) is 2.41. The molecule has 0 fully saturated rings. The first kappa shape index (κ1) is 22.0. The summed E-state index contributed by atoms with van der Waals surface area (Å²) in [5.41, 5.74) is 0.0414. The van der Waals surface area contributed by atoms with Crippen LogP contribution in [0, 0.1) is 10.1 Å². The van der Waals surface area contributed by atoms with E-state index in [1.54, 1.807) is 12.1 Å². The molecule has 29 heavy (non-hydrogen) atoms. The van der Waals surface area contributed by atoms with E-state index in [0.717, 1.165) is 16.6 Å². The molecule has 0 saturated heterocycles. The highest BCUT2D eigenvalue weighted by molar-refractivity contribution is 7.92. The van der Waals surface area contributed by atoms with Crippen LogP contribution in [-0.4, -0.2) is 45.8 Å². The van der Waals surface area contributed by atoms with Gasteiger partial charge in [-0.1, -0.05) is 6.07 Å². The molecule has 2 rings (SSSR count). The molecular formula is C18H21N3O7S. The summed E-state index contributed by atoms with van der Waals surface area (Å²) >= 11 is 0. The van der Waals surface area contributed by atoms with Crippen LogP contribution in [0.4, 0.5) is 17.1 Å². The fourth-order valence-corrected chi connectivity index (χ4v) is 3.87. The summed E-state index contributed by atoms with van der Waals surface area (Å²) < 4.78 is 35.9. The molecular weight excluding hydrogens is 402 g/mol. The highest BCUT2D eigenvalue weighted by Crippen LogP contribution is 2.30. The lowest BCUT2D eigenvalue weighted by Gasteiger charge is -2.28. The minimum Gasteiger partial charge on any atom is -0.497 e. The minimum absolute atomic E-state index is 0.0534. The Morgan fingerprint density at radius 2 is 1.86 bits per heavy atom. The fourth-order valence-electron chi connectivity index (χ4n) is 2.70. The first-order chi connectivity index (χ1) is 13.6. The number of nitrogens with zero attached hydrogens (tertiary/aromatic N) is 2. The monoisotopic (exact) mass is 423 g/mol. The zero-order valence-electron chi connectivity index (χ0n) is 16.3. The number of amides is 1. The van der Waals surface area contributed by atoms with Crippen molar-refractivity contribution in [3.63, 3.8) is 0 Å². The number of ether oxygens (including phenoxy) is 2. The number of hydrogen-bond acceptors (Lipinski definition) is 7. The third-order valence-corrected chi connectivity index (χ3v) is 5.29. The highest BCUT2D eigenvalue weighted by atomic mass is 32.2. The average molecular weight is 423 g/mol. The molecule has 0 spiro atoms. The van der Waals surface area contributed by atoms with Crippen molar-refractivity contribution in [1.82, 2.24) is 0 Å². The molecule has 0 bridgehead atoms. The van der Waals surface area contributed by atoms with Crippen LogP contribution in [-0.2, 0) is 14.8 Å². The van der Waals surface area contributed by atoms with Gasteiger partial charge in [0.2, 0.25) is 15.9 Å². The van der Waals surface area contributed by atoms with Gasteiger partial charge < -0.3 is 14.8 Å². The molecule has 0 aliphatic rings.